The number of ether oxygens (including phenoxy) is 1. The van der Waals surface area contributed by atoms with Crippen LogP contribution in [0.2, 0.25) is 0 Å². The third kappa shape index (κ3) is 3.74. The highest BCUT2D eigenvalue weighted by atomic mass is 16.5. The van der Waals surface area contributed by atoms with Gasteiger partial charge in [-0.1, -0.05) is 84.9 Å². The first-order valence-electron chi connectivity index (χ1n) is 10.7. The van der Waals surface area contributed by atoms with E-state index < -0.39 is 0 Å². The summed E-state index contributed by atoms with van der Waals surface area (Å²) < 4.78 is 5.52. The van der Waals surface area contributed by atoms with Crippen LogP contribution >= 0.6 is 0 Å². The van der Waals surface area contributed by atoms with Crippen molar-refractivity contribution in [2.45, 2.75) is 6.54 Å². The van der Waals surface area contributed by atoms with Crippen molar-refractivity contribution < 1.29 is 14.3 Å². The zero-order valence-electron chi connectivity index (χ0n) is 18.1. The van der Waals surface area contributed by atoms with Crippen LogP contribution < -0.4 is 10.1 Å². The number of nitrogens with zero attached hydrogens (tertiary/aromatic N) is 1. The number of methoxy groups -OCH3 is 1. The van der Waals surface area contributed by atoms with E-state index in [4.69, 9.17) is 4.74 Å². The van der Waals surface area contributed by atoms with Gasteiger partial charge in [0.15, 0.2) is 0 Å². The minimum Gasteiger partial charge on any atom is -0.496 e. The van der Waals surface area contributed by atoms with Gasteiger partial charge in [0, 0.05) is 16.6 Å². The van der Waals surface area contributed by atoms with E-state index in [1.54, 1.807) is 19.2 Å². The minimum absolute atomic E-state index is 0.192. The summed E-state index contributed by atoms with van der Waals surface area (Å²) in [5.74, 6) is -0.179. The molecule has 1 aliphatic rings. The molecule has 162 valence electrons. The molecule has 5 heteroatoms. The quantitative estimate of drug-likeness (QED) is 0.422. The lowest BCUT2D eigenvalue weighted by Gasteiger charge is -2.16. The van der Waals surface area contributed by atoms with Crippen LogP contribution in [-0.4, -0.2) is 23.8 Å². The van der Waals surface area contributed by atoms with Crippen LogP contribution in [0.4, 0.5) is 5.69 Å². The van der Waals surface area contributed by atoms with Gasteiger partial charge in [0.2, 0.25) is 0 Å². The molecule has 0 aliphatic carbocycles. The Kier molecular flexibility index (Phi) is 5.37. The summed E-state index contributed by atoms with van der Waals surface area (Å²) in [5, 5.41) is 5.30. The number of imide groups is 1. The number of nitrogens with one attached hydrogen (secondary N) is 1. The first-order chi connectivity index (χ1) is 16.2. The zero-order chi connectivity index (χ0) is 22.8. The van der Waals surface area contributed by atoms with E-state index >= 15 is 0 Å². The fourth-order valence-corrected chi connectivity index (χ4v) is 4.17. The molecule has 0 bridgehead atoms. The average Bonchev–Trinajstić information content (AvgIpc) is 3.09. The average molecular weight is 434 g/mol. The molecule has 0 aromatic heterocycles. The van der Waals surface area contributed by atoms with Crippen molar-refractivity contribution in [1.29, 1.82) is 0 Å². The van der Waals surface area contributed by atoms with E-state index in [-0.39, 0.29) is 24.1 Å². The Morgan fingerprint density at radius 3 is 2.27 bits per heavy atom. The van der Waals surface area contributed by atoms with Gasteiger partial charge in [0.25, 0.3) is 11.8 Å². The number of rotatable bonds is 6. The van der Waals surface area contributed by atoms with Gasteiger partial charge in [-0.25, -0.2) is 0 Å². The number of carbonyl (C=O) groups excluding carboxylic acids is 2. The van der Waals surface area contributed by atoms with Crippen LogP contribution in [0.25, 0.3) is 16.3 Å². The summed E-state index contributed by atoms with van der Waals surface area (Å²) in [6.45, 7) is 0.192. The van der Waals surface area contributed by atoms with Crippen molar-refractivity contribution in [2.24, 2.45) is 0 Å². The van der Waals surface area contributed by atoms with Gasteiger partial charge in [0.05, 0.1) is 19.2 Å². The number of anilines is 1. The molecule has 0 saturated heterocycles. The molecule has 0 unspecified atom stereocenters. The van der Waals surface area contributed by atoms with Crippen molar-refractivity contribution >= 4 is 33.8 Å². The second-order valence-corrected chi connectivity index (χ2v) is 7.78. The Bertz CT molecular complexity index is 1390. The van der Waals surface area contributed by atoms with E-state index in [0.29, 0.717) is 16.9 Å². The molecule has 0 atom stereocenters. The normalized spacial score (nSPS) is 13.7. The molecule has 33 heavy (non-hydrogen) atoms. The smallest absolute Gasteiger partial charge is 0.278 e. The molecule has 1 aliphatic heterocycles. The summed E-state index contributed by atoms with van der Waals surface area (Å²) in [6, 6.07) is 30.5. The molecule has 5 nitrogen and oxygen atoms in total. The van der Waals surface area contributed by atoms with Gasteiger partial charge in [-0.15, -0.1) is 0 Å². The number of hydrogen-bond acceptors (Lipinski definition) is 4. The number of fused-ring (bicyclic) bond motifs is 1. The topological polar surface area (TPSA) is 58.6 Å². The number of hydrogen-bond donors (Lipinski definition) is 1. The lowest BCUT2D eigenvalue weighted by Crippen LogP contribution is -2.32. The summed E-state index contributed by atoms with van der Waals surface area (Å²) in [4.78, 5) is 28.5. The summed E-state index contributed by atoms with van der Waals surface area (Å²) in [7, 11) is 1.56. The Labute approximate surface area is 191 Å². The number of amides is 2. The maximum atomic E-state index is 13.6. The van der Waals surface area contributed by atoms with Crippen molar-refractivity contribution in [2.75, 3.05) is 12.4 Å². The second-order valence-electron chi connectivity index (χ2n) is 7.78. The molecule has 0 fully saturated rings. The molecular formula is C28H22N2O3. The minimum atomic E-state index is -0.363. The van der Waals surface area contributed by atoms with Gasteiger partial charge >= 0.3 is 0 Å². The molecule has 2 amide bonds. The van der Waals surface area contributed by atoms with Gasteiger partial charge in [-0.05, 0) is 23.1 Å². The maximum absolute atomic E-state index is 13.6. The number of carbonyl (C=O) groups is 2. The summed E-state index contributed by atoms with van der Waals surface area (Å²) in [5.41, 5.74) is 2.78. The summed E-state index contributed by atoms with van der Waals surface area (Å²) >= 11 is 0. The highest BCUT2D eigenvalue weighted by Crippen LogP contribution is 2.36. The van der Waals surface area contributed by atoms with Crippen LogP contribution in [0.15, 0.2) is 103 Å². The standard InChI is InChI=1S/C28H22N2O3/c1-33-24-17-8-7-15-22(24)25-26(29-23-16-9-13-20-12-5-6-14-21(20)23)28(32)30(27(25)31)18-19-10-3-2-4-11-19/h2-17,29H,18H2,1H3. The molecule has 5 rings (SSSR count). The van der Waals surface area contributed by atoms with E-state index in [2.05, 4.69) is 5.32 Å². The van der Waals surface area contributed by atoms with Crippen molar-refractivity contribution in [1.82, 2.24) is 4.90 Å². The lowest BCUT2D eigenvalue weighted by atomic mass is 10.0. The van der Waals surface area contributed by atoms with Gasteiger partial charge in [0.1, 0.15) is 11.4 Å². The summed E-state index contributed by atoms with van der Waals surface area (Å²) in [6.07, 6.45) is 0. The van der Waals surface area contributed by atoms with Crippen LogP contribution in [0.1, 0.15) is 11.1 Å². The highest BCUT2D eigenvalue weighted by Gasteiger charge is 2.40. The third-order valence-corrected chi connectivity index (χ3v) is 5.78. The lowest BCUT2D eigenvalue weighted by molar-refractivity contribution is -0.137. The fourth-order valence-electron chi connectivity index (χ4n) is 4.17. The van der Waals surface area contributed by atoms with Crippen LogP contribution in [0.5, 0.6) is 5.75 Å². The second kappa shape index (κ2) is 8.63. The molecular weight excluding hydrogens is 412 g/mol. The molecule has 0 saturated carbocycles. The SMILES string of the molecule is COc1ccccc1C1=C(Nc2cccc3ccccc23)C(=O)N(Cc2ccccc2)C1=O. The van der Waals surface area contributed by atoms with Gasteiger partial charge in [-0.3, -0.25) is 14.5 Å². The Morgan fingerprint density at radius 1 is 0.758 bits per heavy atom. The number of benzene rings is 4. The van der Waals surface area contributed by atoms with E-state index in [1.165, 1.54) is 4.90 Å². The monoisotopic (exact) mass is 434 g/mol. The number of para-hydroxylation sites is 1. The van der Waals surface area contributed by atoms with Crippen molar-refractivity contribution in [3.8, 4) is 5.75 Å². The Balaban J connectivity index is 1.63. The van der Waals surface area contributed by atoms with Crippen LogP contribution in [0.3, 0.4) is 0 Å². The van der Waals surface area contributed by atoms with Gasteiger partial charge in [-0.2, -0.15) is 0 Å². The Hall–Kier alpha value is -4.38. The molecule has 0 spiro atoms. The predicted octanol–water partition coefficient (Wildman–Crippen LogP) is 5.24. The van der Waals surface area contributed by atoms with Crippen molar-refractivity contribution in [3.63, 3.8) is 0 Å². The van der Waals surface area contributed by atoms with Crippen LogP contribution in [0, 0.1) is 0 Å². The van der Waals surface area contributed by atoms with E-state index in [0.717, 1.165) is 22.0 Å². The predicted molar refractivity (Wildman–Crippen MR) is 129 cm³/mol. The van der Waals surface area contributed by atoms with Crippen molar-refractivity contribution in [3.05, 3.63) is 114 Å². The first kappa shape index (κ1) is 20.5. The molecule has 4 aromatic carbocycles. The molecule has 1 heterocycles. The molecule has 1 N–H and O–H groups in total. The Morgan fingerprint density at radius 2 is 1.45 bits per heavy atom. The van der Waals surface area contributed by atoms with Crippen LogP contribution in [-0.2, 0) is 16.1 Å². The largest absolute Gasteiger partial charge is 0.496 e. The van der Waals surface area contributed by atoms with Gasteiger partial charge < -0.3 is 10.1 Å². The molecule has 4 aromatic rings. The molecule has 0 radical (unpaired) electrons. The first-order valence-corrected chi connectivity index (χ1v) is 10.7. The third-order valence-electron chi connectivity index (χ3n) is 5.78. The van der Waals surface area contributed by atoms with E-state index in [9.17, 15) is 9.59 Å². The zero-order valence-corrected chi connectivity index (χ0v) is 18.1. The van der Waals surface area contributed by atoms with E-state index in [1.807, 2.05) is 84.9 Å². The fraction of sp³-hybridized carbons (Fsp3) is 0.0714. The maximum Gasteiger partial charge on any atom is 0.278 e. The highest BCUT2D eigenvalue weighted by molar-refractivity contribution is 6.37.